The molecule has 0 spiro atoms. The van der Waals surface area contributed by atoms with Gasteiger partial charge in [-0.15, -0.1) is 0 Å². The molecule has 104 valence electrons. The maximum Gasteiger partial charge on any atom is 0.317 e. The summed E-state index contributed by atoms with van der Waals surface area (Å²) in [5, 5.41) is 3.00. The maximum absolute atomic E-state index is 12.0. The smallest absolute Gasteiger partial charge is 0.317 e. The third-order valence-corrected chi connectivity index (χ3v) is 3.64. The largest absolute Gasteiger partial charge is 0.338 e. The van der Waals surface area contributed by atoms with Gasteiger partial charge in [-0.25, -0.2) is 4.79 Å². The molecule has 1 aromatic rings. The second-order valence-electron chi connectivity index (χ2n) is 4.89. The number of piperazine rings is 1. The standard InChI is InChI=1S/C15H23N3O/c1-2-17-10-12-18(13-11-17)15(19)16-9-8-14-6-4-3-5-7-14/h3-7H,2,8-13H2,1H3,(H,16,19). The molecule has 0 radical (unpaired) electrons. The van der Waals surface area contributed by atoms with Crippen molar-refractivity contribution in [2.24, 2.45) is 0 Å². The van der Waals surface area contributed by atoms with Gasteiger partial charge in [0.05, 0.1) is 0 Å². The van der Waals surface area contributed by atoms with Crippen molar-refractivity contribution in [1.29, 1.82) is 0 Å². The van der Waals surface area contributed by atoms with Crippen LogP contribution in [0.5, 0.6) is 0 Å². The van der Waals surface area contributed by atoms with Crippen molar-refractivity contribution in [2.45, 2.75) is 13.3 Å². The molecule has 1 heterocycles. The molecule has 4 nitrogen and oxygen atoms in total. The van der Waals surface area contributed by atoms with Gasteiger partial charge in [-0.1, -0.05) is 37.3 Å². The first-order valence-corrected chi connectivity index (χ1v) is 7.08. The minimum Gasteiger partial charge on any atom is -0.338 e. The predicted molar refractivity (Wildman–Crippen MR) is 77.2 cm³/mol. The van der Waals surface area contributed by atoms with Gasteiger partial charge in [-0.05, 0) is 18.5 Å². The summed E-state index contributed by atoms with van der Waals surface area (Å²) < 4.78 is 0. The van der Waals surface area contributed by atoms with Crippen LogP contribution in [0.4, 0.5) is 4.79 Å². The number of urea groups is 1. The van der Waals surface area contributed by atoms with Gasteiger partial charge in [0, 0.05) is 32.7 Å². The topological polar surface area (TPSA) is 35.6 Å². The van der Waals surface area contributed by atoms with Gasteiger partial charge in [0.15, 0.2) is 0 Å². The van der Waals surface area contributed by atoms with Crippen LogP contribution in [0, 0.1) is 0 Å². The van der Waals surface area contributed by atoms with Crippen LogP contribution in [-0.4, -0.2) is 55.1 Å². The molecule has 1 aliphatic heterocycles. The van der Waals surface area contributed by atoms with E-state index in [-0.39, 0.29) is 6.03 Å². The number of carbonyl (C=O) groups is 1. The number of hydrogen-bond acceptors (Lipinski definition) is 2. The predicted octanol–water partition coefficient (Wildman–Crippen LogP) is 1.58. The molecule has 2 rings (SSSR count). The van der Waals surface area contributed by atoms with Gasteiger partial charge < -0.3 is 15.1 Å². The summed E-state index contributed by atoms with van der Waals surface area (Å²) in [6.45, 7) is 7.59. The highest BCUT2D eigenvalue weighted by Gasteiger charge is 2.19. The molecule has 1 saturated heterocycles. The van der Waals surface area contributed by atoms with Gasteiger partial charge in [0.25, 0.3) is 0 Å². The summed E-state index contributed by atoms with van der Waals surface area (Å²) >= 11 is 0. The zero-order valence-electron chi connectivity index (χ0n) is 11.6. The van der Waals surface area contributed by atoms with E-state index in [1.165, 1.54) is 5.56 Å². The van der Waals surface area contributed by atoms with Gasteiger partial charge in [-0.3, -0.25) is 0 Å². The van der Waals surface area contributed by atoms with Crippen molar-refractivity contribution in [3.8, 4) is 0 Å². The molecule has 1 aliphatic rings. The lowest BCUT2D eigenvalue weighted by Gasteiger charge is -2.34. The van der Waals surface area contributed by atoms with Crippen LogP contribution in [0.1, 0.15) is 12.5 Å². The third kappa shape index (κ3) is 4.24. The highest BCUT2D eigenvalue weighted by atomic mass is 16.2. The van der Waals surface area contributed by atoms with Crippen molar-refractivity contribution in [1.82, 2.24) is 15.1 Å². The molecular weight excluding hydrogens is 238 g/mol. The number of hydrogen-bond donors (Lipinski definition) is 1. The molecule has 2 amide bonds. The Morgan fingerprint density at radius 1 is 1.16 bits per heavy atom. The molecule has 0 aliphatic carbocycles. The van der Waals surface area contributed by atoms with Crippen LogP contribution in [-0.2, 0) is 6.42 Å². The van der Waals surface area contributed by atoms with E-state index in [1.54, 1.807) is 0 Å². The lowest BCUT2D eigenvalue weighted by atomic mass is 10.1. The highest BCUT2D eigenvalue weighted by molar-refractivity contribution is 5.74. The Balaban J connectivity index is 1.67. The maximum atomic E-state index is 12.0. The van der Waals surface area contributed by atoms with Crippen molar-refractivity contribution < 1.29 is 4.79 Å². The Bertz CT molecular complexity index is 386. The zero-order valence-corrected chi connectivity index (χ0v) is 11.6. The number of nitrogens with zero attached hydrogens (tertiary/aromatic N) is 2. The Morgan fingerprint density at radius 2 is 1.84 bits per heavy atom. The van der Waals surface area contributed by atoms with E-state index in [0.717, 1.165) is 39.1 Å². The van der Waals surface area contributed by atoms with E-state index in [0.29, 0.717) is 6.54 Å². The second kappa shape index (κ2) is 7.14. The van der Waals surface area contributed by atoms with Crippen LogP contribution < -0.4 is 5.32 Å². The molecule has 0 aromatic heterocycles. The summed E-state index contributed by atoms with van der Waals surface area (Å²) in [6.07, 6.45) is 0.890. The van der Waals surface area contributed by atoms with E-state index in [2.05, 4.69) is 29.3 Å². The normalized spacial score (nSPS) is 16.4. The Kier molecular flexibility index (Phi) is 5.21. The van der Waals surface area contributed by atoms with E-state index in [4.69, 9.17) is 0 Å². The van der Waals surface area contributed by atoms with Crippen LogP contribution in [0.25, 0.3) is 0 Å². The number of likely N-dealkylation sites (N-methyl/N-ethyl adjacent to an activating group) is 1. The zero-order chi connectivity index (χ0) is 13.5. The molecule has 4 heteroatoms. The molecule has 1 aromatic carbocycles. The average molecular weight is 261 g/mol. The van der Waals surface area contributed by atoms with Crippen molar-refractivity contribution >= 4 is 6.03 Å². The number of amides is 2. The summed E-state index contributed by atoms with van der Waals surface area (Å²) in [7, 11) is 0. The first kappa shape index (κ1) is 13.9. The molecule has 1 N–H and O–H groups in total. The summed E-state index contributed by atoms with van der Waals surface area (Å²) in [6, 6.07) is 10.3. The molecule has 19 heavy (non-hydrogen) atoms. The summed E-state index contributed by atoms with van der Waals surface area (Å²) in [5.41, 5.74) is 1.26. The van der Waals surface area contributed by atoms with Gasteiger partial charge in [0.2, 0.25) is 0 Å². The summed E-state index contributed by atoms with van der Waals surface area (Å²) in [5.74, 6) is 0. The van der Waals surface area contributed by atoms with Crippen molar-refractivity contribution in [3.05, 3.63) is 35.9 Å². The van der Waals surface area contributed by atoms with Crippen LogP contribution in [0.3, 0.4) is 0 Å². The Hall–Kier alpha value is -1.55. The van der Waals surface area contributed by atoms with Crippen molar-refractivity contribution in [2.75, 3.05) is 39.3 Å². The van der Waals surface area contributed by atoms with E-state index in [9.17, 15) is 4.79 Å². The number of rotatable bonds is 4. The summed E-state index contributed by atoms with van der Waals surface area (Å²) in [4.78, 5) is 16.3. The minimum absolute atomic E-state index is 0.0756. The SMILES string of the molecule is CCN1CCN(C(=O)NCCc2ccccc2)CC1. The van der Waals surface area contributed by atoms with E-state index < -0.39 is 0 Å². The quantitative estimate of drug-likeness (QED) is 0.893. The highest BCUT2D eigenvalue weighted by Crippen LogP contribution is 2.02. The molecule has 0 atom stereocenters. The Labute approximate surface area is 115 Å². The molecule has 0 unspecified atom stereocenters. The van der Waals surface area contributed by atoms with Gasteiger partial charge in [-0.2, -0.15) is 0 Å². The van der Waals surface area contributed by atoms with Crippen molar-refractivity contribution in [3.63, 3.8) is 0 Å². The minimum atomic E-state index is 0.0756. The third-order valence-electron chi connectivity index (χ3n) is 3.64. The molecule has 0 bridgehead atoms. The molecule has 1 fully saturated rings. The van der Waals surface area contributed by atoms with Gasteiger partial charge >= 0.3 is 6.03 Å². The van der Waals surface area contributed by atoms with Crippen LogP contribution in [0.15, 0.2) is 30.3 Å². The first-order chi connectivity index (χ1) is 9.29. The van der Waals surface area contributed by atoms with Crippen LogP contribution >= 0.6 is 0 Å². The lowest BCUT2D eigenvalue weighted by molar-refractivity contribution is 0.143. The van der Waals surface area contributed by atoms with Gasteiger partial charge in [0.1, 0.15) is 0 Å². The fourth-order valence-electron chi connectivity index (χ4n) is 2.34. The van der Waals surface area contributed by atoms with Crippen LogP contribution in [0.2, 0.25) is 0 Å². The fraction of sp³-hybridized carbons (Fsp3) is 0.533. The number of benzene rings is 1. The lowest BCUT2D eigenvalue weighted by Crippen LogP contribution is -2.51. The fourth-order valence-corrected chi connectivity index (χ4v) is 2.34. The second-order valence-corrected chi connectivity index (χ2v) is 4.89. The number of carbonyl (C=O) groups excluding carboxylic acids is 1. The van der Waals surface area contributed by atoms with E-state index in [1.807, 2.05) is 23.1 Å². The first-order valence-electron chi connectivity index (χ1n) is 7.08. The number of nitrogens with one attached hydrogen (secondary N) is 1. The molecular formula is C15H23N3O. The molecule has 0 saturated carbocycles. The average Bonchev–Trinajstić information content (AvgIpc) is 2.48. The van der Waals surface area contributed by atoms with E-state index >= 15 is 0 Å². The monoisotopic (exact) mass is 261 g/mol. The Morgan fingerprint density at radius 3 is 2.47 bits per heavy atom.